The quantitative estimate of drug-likeness (QED) is 0.0309. The van der Waals surface area contributed by atoms with E-state index in [0.29, 0.717) is 23.9 Å². The molecule has 0 saturated heterocycles. The smallest absolute Gasteiger partial charge is 0.268 e. The number of phosphoric ester groups is 1. The number of aliphatic hydroxyl groups excluding tert-OH is 1. The van der Waals surface area contributed by atoms with Crippen LogP contribution in [0.5, 0.6) is 0 Å². The van der Waals surface area contributed by atoms with Gasteiger partial charge in [0.15, 0.2) is 0 Å². The first kappa shape index (κ1) is 45.7. The van der Waals surface area contributed by atoms with Crippen LogP contribution < -0.4 is 10.2 Å². The zero-order chi connectivity index (χ0) is 35.1. The summed E-state index contributed by atoms with van der Waals surface area (Å²) in [5.41, 5.74) is 0. The molecule has 0 aromatic heterocycles. The van der Waals surface area contributed by atoms with Gasteiger partial charge in [0, 0.05) is 6.42 Å². The molecule has 0 aliphatic heterocycles. The fraction of sp³-hybridized carbons (Fsp3) is 0.816. The van der Waals surface area contributed by atoms with Crippen LogP contribution >= 0.6 is 7.82 Å². The van der Waals surface area contributed by atoms with E-state index in [1.807, 2.05) is 21.1 Å². The lowest BCUT2D eigenvalue weighted by Crippen LogP contribution is -2.46. The zero-order valence-electron chi connectivity index (χ0n) is 31.0. The number of likely N-dealkylation sites (N-methyl/N-ethyl adjacent to an activating group) is 1. The van der Waals surface area contributed by atoms with Crippen LogP contribution in [0.4, 0.5) is 0 Å². The number of quaternary nitrogens is 1. The number of aliphatic hydroxyl groups is 1. The van der Waals surface area contributed by atoms with Crippen molar-refractivity contribution in [3.8, 4) is 0 Å². The number of allylic oxidation sites excluding steroid dienone is 6. The fourth-order valence-corrected chi connectivity index (χ4v) is 5.83. The summed E-state index contributed by atoms with van der Waals surface area (Å²) in [6, 6.07) is -0.806. The molecular weight excluding hydrogens is 611 g/mol. The van der Waals surface area contributed by atoms with Gasteiger partial charge in [-0.05, 0) is 44.9 Å². The van der Waals surface area contributed by atoms with Gasteiger partial charge in [0.1, 0.15) is 13.2 Å². The molecule has 2 N–H and O–H groups in total. The number of phosphoric acid groups is 1. The van der Waals surface area contributed by atoms with E-state index in [9.17, 15) is 19.4 Å². The first-order valence-electron chi connectivity index (χ1n) is 18.8. The van der Waals surface area contributed by atoms with Crippen LogP contribution in [0, 0.1) is 0 Å². The van der Waals surface area contributed by atoms with Crippen LogP contribution in [0.3, 0.4) is 0 Å². The van der Waals surface area contributed by atoms with Crippen molar-refractivity contribution < 1.29 is 32.9 Å². The first-order valence-corrected chi connectivity index (χ1v) is 20.3. The number of nitrogens with zero attached hydrogens (tertiary/aromatic N) is 1. The Kier molecular flexibility index (Phi) is 29.9. The van der Waals surface area contributed by atoms with Crippen molar-refractivity contribution in [1.29, 1.82) is 0 Å². The fourth-order valence-electron chi connectivity index (χ4n) is 5.11. The third-order valence-corrected chi connectivity index (χ3v) is 9.11. The van der Waals surface area contributed by atoms with Gasteiger partial charge >= 0.3 is 0 Å². The Bertz CT molecular complexity index is 871. The lowest BCUT2D eigenvalue weighted by molar-refractivity contribution is -0.870. The van der Waals surface area contributed by atoms with Crippen molar-refractivity contribution in [3.05, 3.63) is 36.5 Å². The van der Waals surface area contributed by atoms with Crippen molar-refractivity contribution in [3.63, 3.8) is 0 Å². The van der Waals surface area contributed by atoms with Gasteiger partial charge < -0.3 is 28.8 Å². The molecule has 0 saturated carbocycles. The molecule has 0 bridgehead atoms. The Morgan fingerprint density at radius 3 is 1.89 bits per heavy atom. The van der Waals surface area contributed by atoms with Gasteiger partial charge in [0.25, 0.3) is 7.82 Å². The molecule has 0 aliphatic rings. The van der Waals surface area contributed by atoms with Crippen LogP contribution in [0.1, 0.15) is 149 Å². The standard InChI is InChI=1S/C38H73N2O6P/c1-6-8-10-12-14-16-18-19-20-21-22-24-26-28-30-32-38(42)39-36(35-46-47(43,44)45-34-33-40(3,4)5)37(41)31-29-27-25-23-17-15-13-11-9-7-2/h8,10,14,16,19-20,36-37,41H,6-7,9,11-13,15,17-18,21-35H2,1-5H3,(H-,39,42,43,44)/b10-8-,16-14-,20-19-. The Hall–Kier alpha value is -1.28. The van der Waals surface area contributed by atoms with Crippen molar-refractivity contribution >= 4 is 13.7 Å². The number of amides is 1. The summed E-state index contributed by atoms with van der Waals surface area (Å²) in [6.07, 6.45) is 34.3. The molecule has 1 amide bonds. The highest BCUT2D eigenvalue weighted by atomic mass is 31.2. The Balaban J connectivity index is 4.49. The zero-order valence-corrected chi connectivity index (χ0v) is 31.9. The maximum Gasteiger partial charge on any atom is 0.268 e. The van der Waals surface area contributed by atoms with Crippen molar-refractivity contribution in [1.82, 2.24) is 5.32 Å². The van der Waals surface area contributed by atoms with E-state index in [0.717, 1.165) is 77.0 Å². The number of rotatable bonds is 33. The minimum Gasteiger partial charge on any atom is -0.756 e. The van der Waals surface area contributed by atoms with Gasteiger partial charge in [-0.25, -0.2) is 0 Å². The highest BCUT2D eigenvalue weighted by molar-refractivity contribution is 7.45. The second-order valence-corrected chi connectivity index (χ2v) is 15.3. The minimum atomic E-state index is -4.56. The van der Waals surface area contributed by atoms with E-state index >= 15 is 0 Å². The average Bonchev–Trinajstić information content (AvgIpc) is 3.01. The molecular formula is C38H73N2O6P. The van der Waals surface area contributed by atoms with Gasteiger partial charge in [-0.1, -0.05) is 134 Å². The number of carbonyl (C=O) groups excluding carboxylic acids is 1. The second-order valence-electron chi connectivity index (χ2n) is 13.9. The summed E-state index contributed by atoms with van der Waals surface area (Å²) in [4.78, 5) is 25.1. The molecule has 9 heteroatoms. The van der Waals surface area contributed by atoms with Crippen LogP contribution in [-0.4, -0.2) is 68.5 Å². The highest BCUT2D eigenvalue weighted by Gasteiger charge is 2.24. The molecule has 0 rings (SSSR count). The minimum absolute atomic E-state index is 0.00723. The van der Waals surface area contributed by atoms with E-state index in [1.54, 1.807) is 0 Å². The van der Waals surface area contributed by atoms with Gasteiger partial charge in [-0.15, -0.1) is 0 Å². The van der Waals surface area contributed by atoms with Crippen molar-refractivity contribution in [2.45, 2.75) is 161 Å². The monoisotopic (exact) mass is 685 g/mol. The van der Waals surface area contributed by atoms with Gasteiger partial charge in [0.05, 0.1) is 39.9 Å². The normalized spacial score (nSPS) is 15.1. The first-order chi connectivity index (χ1) is 22.5. The highest BCUT2D eigenvalue weighted by Crippen LogP contribution is 2.38. The molecule has 0 radical (unpaired) electrons. The molecule has 0 heterocycles. The number of hydrogen-bond acceptors (Lipinski definition) is 6. The maximum absolute atomic E-state index is 12.8. The largest absolute Gasteiger partial charge is 0.756 e. The van der Waals surface area contributed by atoms with Gasteiger partial charge in [0.2, 0.25) is 5.91 Å². The molecule has 8 nitrogen and oxygen atoms in total. The molecule has 0 fully saturated rings. The summed E-state index contributed by atoms with van der Waals surface area (Å²) in [6.45, 7) is 4.55. The van der Waals surface area contributed by atoms with Gasteiger partial charge in [-0.2, -0.15) is 0 Å². The predicted molar refractivity (Wildman–Crippen MR) is 196 cm³/mol. The predicted octanol–water partition coefficient (Wildman–Crippen LogP) is 8.94. The number of nitrogens with one attached hydrogen (secondary N) is 1. The lowest BCUT2D eigenvalue weighted by Gasteiger charge is -2.30. The summed E-state index contributed by atoms with van der Waals surface area (Å²) in [5, 5.41) is 13.8. The molecule has 3 unspecified atom stereocenters. The molecule has 276 valence electrons. The Labute approximate surface area is 289 Å². The van der Waals surface area contributed by atoms with E-state index in [2.05, 4.69) is 55.6 Å². The van der Waals surface area contributed by atoms with E-state index in [1.165, 1.54) is 44.9 Å². The lowest BCUT2D eigenvalue weighted by atomic mass is 10.0. The Morgan fingerprint density at radius 2 is 1.30 bits per heavy atom. The number of carbonyl (C=O) groups is 1. The van der Waals surface area contributed by atoms with Gasteiger partial charge in [-0.3, -0.25) is 9.36 Å². The summed E-state index contributed by atoms with van der Waals surface area (Å²) < 4.78 is 23.1. The third kappa shape index (κ3) is 33.0. The molecule has 0 aromatic rings. The topological polar surface area (TPSA) is 108 Å². The van der Waals surface area contributed by atoms with Crippen LogP contribution in [0.15, 0.2) is 36.5 Å². The molecule has 0 aliphatic carbocycles. The third-order valence-electron chi connectivity index (χ3n) is 8.14. The average molecular weight is 685 g/mol. The van der Waals surface area contributed by atoms with Crippen LogP contribution in [0.25, 0.3) is 0 Å². The molecule has 0 aromatic carbocycles. The SMILES string of the molecule is CC/C=C\C/C=C\C/C=C\CCCCCCCC(=O)NC(COP(=O)([O-])OCC[N+](C)(C)C)C(O)CCCCCCCCCCCC. The van der Waals surface area contributed by atoms with Crippen molar-refractivity contribution in [2.75, 3.05) is 40.9 Å². The summed E-state index contributed by atoms with van der Waals surface area (Å²) >= 11 is 0. The van der Waals surface area contributed by atoms with E-state index in [-0.39, 0.29) is 19.1 Å². The summed E-state index contributed by atoms with van der Waals surface area (Å²) in [7, 11) is 1.28. The van der Waals surface area contributed by atoms with Crippen LogP contribution in [0.2, 0.25) is 0 Å². The van der Waals surface area contributed by atoms with E-state index in [4.69, 9.17) is 9.05 Å². The number of unbranched alkanes of at least 4 members (excludes halogenated alkanes) is 14. The second kappa shape index (κ2) is 30.8. The van der Waals surface area contributed by atoms with Crippen LogP contribution in [-0.2, 0) is 18.4 Å². The molecule has 0 spiro atoms. The molecule has 3 atom stereocenters. The Morgan fingerprint density at radius 1 is 0.766 bits per heavy atom. The number of hydrogen-bond donors (Lipinski definition) is 2. The molecule has 47 heavy (non-hydrogen) atoms. The summed E-state index contributed by atoms with van der Waals surface area (Å²) in [5.74, 6) is -0.187. The van der Waals surface area contributed by atoms with Crippen molar-refractivity contribution in [2.24, 2.45) is 0 Å². The maximum atomic E-state index is 12.8. The van der Waals surface area contributed by atoms with E-state index < -0.39 is 20.0 Å².